The largest absolute Gasteiger partial charge is 0.454 e. The van der Waals surface area contributed by atoms with Crippen LogP contribution in [0, 0.1) is 0 Å². The van der Waals surface area contributed by atoms with E-state index in [0.29, 0.717) is 18.0 Å². The number of hydrogen-bond donors (Lipinski definition) is 2. The van der Waals surface area contributed by atoms with Gasteiger partial charge in [0.15, 0.2) is 11.5 Å². The van der Waals surface area contributed by atoms with Gasteiger partial charge in [0.25, 0.3) is 5.91 Å². The van der Waals surface area contributed by atoms with Gasteiger partial charge in [0.1, 0.15) is 6.04 Å². The molecule has 2 aliphatic rings. The molecule has 1 fully saturated rings. The predicted molar refractivity (Wildman–Crippen MR) is 96.1 cm³/mol. The standard InChI is InChI=1S/C19H18N4O5/c24-17(21-9-13-2-1-5-20-8-13)7-14-18(25)23(19(26)22-14)10-12-3-4-15-16(6-12)28-11-27-15/h1-6,8,14H,7,9-11H2,(H,21,24)(H,22,26)/t14-/m1/s1. The molecule has 0 bridgehead atoms. The van der Waals surface area contributed by atoms with Gasteiger partial charge in [-0.1, -0.05) is 12.1 Å². The van der Waals surface area contributed by atoms with Crippen LogP contribution in [0.25, 0.3) is 0 Å². The van der Waals surface area contributed by atoms with Crippen LogP contribution in [0.5, 0.6) is 11.5 Å². The lowest BCUT2D eigenvalue weighted by atomic mass is 10.1. The van der Waals surface area contributed by atoms with Crippen LogP contribution in [-0.2, 0) is 22.7 Å². The van der Waals surface area contributed by atoms with E-state index < -0.39 is 18.0 Å². The van der Waals surface area contributed by atoms with Gasteiger partial charge in [-0.05, 0) is 29.3 Å². The molecule has 1 atom stereocenters. The number of pyridine rings is 1. The van der Waals surface area contributed by atoms with E-state index in [1.165, 1.54) is 0 Å². The van der Waals surface area contributed by atoms with Gasteiger partial charge >= 0.3 is 6.03 Å². The third-order valence-corrected chi connectivity index (χ3v) is 4.49. The Morgan fingerprint density at radius 3 is 2.89 bits per heavy atom. The molecule has 0 unspecified atom stereocenters. The first kappa shape index (κ1) is 17.8. The van der Waals surface area contributed by atoms with Crippen molar-refractivity contribution < 1.29 is 23.9 Å². The summed E-state index contributed by atoms with van der Waals surface area (Å²) in [5, 5.41) is 5.29. The minimum absolute atomic E-state index is 0.0924. The molecule has 2 aromatic rings. The molecule has 1 aromatic carbocycles. The van der Waals surface area contributed by atoms with Crippen LogP contribution in [-0.4, -0.2) is 40.6 Å². The first-order chi connectivity index (χ1) is 13.6. The lowest BCUT2D eigenvalue weighted by molar-refractivity contribution is -0.131. The molecule has 0 radical (unpaired) electrons. The van der Waals surface area contributed by atoms with Crippen LogP contribution in [0.1, 0.15) is 17.5 Å². The normalized spacial score (nSPS) is 17.6. The lowest BCUT2D eigenvalue weighted by Gasteiger charge is -2.13. The number of nitrogens with one attached hydrogen (secondary N) is 2. The fraction of sp³-hybridized carbons (Fsp3) is 0.263. The molecule has 0 spiro atoms. The second-order valence-corrected chi connectivity index (χ2v) is 6.46. The molecule has 0 aliphatic carbocycles. The molecule has 4 rings (SSSR count). The molecular weight excluding hydrogens is 364 g/mol. The number of imide groups is 1. The van der Waals surface area contributed by atoms with Gasteiger partial charge in [-0.2, -0.15) is 0 Å². The zero-order valence-electron chi connectivity index (χ0n) is 14.9. The van der Waals surface area contributed by atoms with Crippen LogP contribution in [0.15, 0.2) is 42.7 Å². The summed E-state index contributed by atoms with van der Waals surface area (Å²) in [7, 11) is 0. The van der Waals surface area contributed by atoms with Gasteiger partial charge in [-0.15, -0.1) is 0 Å². The van der Waals surface area contributed by atoms with E-state index in [9.17, 15) is 14.4 Å². The van der Waals surface area contributed by atoms with Crippen LogP contribution in [0.3, 0.4) is 0 Å². The highest BCUT2D eigenvalue weighted by Gasteiger charge is 2.39. The molecule has 2 N–H and O–H groups in total. The topological polar surface area (TPSA) is 110 Å². The number of carbonyl (C=O) groups is 3. The number of benzene rings is 1. The van der Waals surface area contributed by atoms with E-state index in [4.69, 9.17) is 9.47 Å². The smallest absolute Gasteiger partial charge is 0.325 e. The van der Waals surface area contributed by atoms with Crippen molar-refractivity contribution in [3.05, 3.63) is 53.9 Å². The number of fused-ring (bicyclic) bond motifs is 1. The van der Waals surface area contributed by atoms with Crippen LogP contribution in [0.2, 0.25) is 0 Å². The Balaban J connectivity index is 1.34. The Bertz CT molecular complexity index is 918. The summed E-state index contributed by atoms with van der Waals surface area (Å²) >= 11 is 0. The number of hydrogen-bond acceptors (Lipinski definition) is 6. The molecule has 1 aromatic heterocycles. The fourth-order valence-corrected chi connectivity index (χ4v) is 3.05. The van der Waals surface area contributed by atoms with E-state index in [2.05, 4.69) is 15.6 Å². The number of ether oxygens (including phenoxy) is 2. The van der Waals surface area contributed by atoms with Crippen molar-refractivity contribution in [3.63, 3.8) is 0 Å². The first-order valence-corrected chi connectivity index (χ1v) is 8.76. The van der Waals surface area contributed by atoms with Crippen LogP contribution < -0.4 is 20.1 Å². The molecule has 2 aliphatic heterocycles. The molecule has 144 valence electrons. The molecule has 4 amide bonds. The SMILES string of the molecule is O=C(C[C@H]1NC(=O)N(Cc2ccc3c(c2)OCO3)C1=O)NCc1cccnc1. The molecular formula is C19H18N4O5. The monoisotopic (exact) mass is 382 g/mol. The van der Waals surface area contributed by atoms with Gasteiger partial charge in [0.05, 0.1) is 13.0 Å². The number of urea groups is 1. The number of carbonyl (C=O) groups excluding carboxylic acids is 3. The van der Waals surface area contributed by atoms with E-state index in [1.54, 1.807) is 36.7 Å². The summed E-state index contributed by atoms with van der Waals surface area (Å²) in [6, 6.07) is 7.44. The van der Waals surface area contributed by atoms with E-state index >= 15 is 0 Å². The first-order valence-electron chi connectivity index (χ1n) is 8.76. The maximum absolute atomic E-state index is 12.6. The average molecular weight is 382 g/mol. The predicted octanol–water partition coefficient (Wildman–Crippen LogP) is 0.937. The number of amides is 4. The minimum Gasteiger partial charge on any atom is -0.454 e. The third kappa shape index (κ3) is 3.73. The van der Waals surface area contributed by atoms with E-state index in [0.717, 1.165) is 16.0 Å². The van der Waals surface area contributed by atoms with Crippen molar-refractivity contribution in [1.29, 1.82) is 0 Å². The molecule has 0 saturated carbocycles. The molecule has 3 heterocycles. The number of rotatable bonds is 6. The molecule has 1 saturated heterocycles. The van der Waals surface area contributed by atoms with Gasteiger partial charge in [-0.3, -0.25) is 19.5 Å². The quantitative estimate of drug-likeness (QED) is 0.720. The zero-order chi connectivity index (χ0) is 19.5. The Kier molecular flexibility index (Phi) is 4.79. The summed E-state index contributed by atoms with van der Waals surface area (Å²) in [6.45, 7) is 0.551. The second-order valence-electron chi connectivity index (χ2n) is 6.46. The molecule has 9 nitrogen and oxygen atoms in total. The average Bonchev–Trinajstić information content (AvgIpc) is 3.27. The fourth-order valence-electron chi connectivity index (χ4n) is 3.05. The minimum atomic E-state index is -0.879. The van der Waals surface area contributed by atoms with Crippen molar-refractivity contribution in [2.75, 3.05) is 6.79 Å². The van der Waals surface area contributed by atoms with Gasteiger partial charge < -0.3 is 20.1 Å². The second kappa shape index (κ2) is 7.55. The summed E-state index contributed by atoms with van der Waals surface area (Å²) < 4.78 is 10.6. The number of aromatic nitrogens is 1. The summed E-state index contributed by atoms with van der Waals surface area (Å²) in [5.41, 5.74) is 1.58. The zero-order valence-corrected chi connectivity index (χ0v) is 14.9. The van der Waals surface area contributed by atoms with Crippen molar-refractivity contribution in [2.45, 2.75) is 25.6 Å². The highest BCUT2D eigenvalue weighted by molar-refractivity contribution is 6.05. The third-order valence-electron chi connectivity index (χ3n) is 4.49. The Morgan fingerprint density at radius 1 is 1.21 bits per heavy atom. The van der Waals surface area contributed by atoms with Crippen molar-refractivity contribution in [2.24, 2.45) is 0 Å². The Labute approximate surface area is 160 Å². The summed E-state index contributed by atoms with van der Waals surface area (Å²) in [6.07, 6.45) is 3.17. The maximum atomic E-state index is 12.6. The van der Waals surface area contributed by atoms with E-state index in [1.807, 2.05) is 6.07 Å². The summed E-state index contributed by atoms with van der Waals surface area (Å²) in [4.78, 5) is 42.0. The van der Waals surface area contributed by atoms with Crippen LogP contribution >= 0.6 is 0 Å². The maximum Gasteiger partial charge on any atom is 0.325 e. The van der Waals surface area contributed by atoms with Gasteiger partial charge in [0, 0.05) is 18.9 Å². The lowest BCUT2D eigenvalue weighted by Crippen LogP contribution is -2.36. The van der Waals surface area contributed by atoms with Crippen molar-refractivity contribution >= 4 is 17.8 Å². The van der Waals surface area contributed by atoms with E-state index in [-0.39, 0.29) is 25.7 Å². The van der Waals surface area contributed by atoms with Crippen LogP contribution in [0.4, 0.5) is 4.79 Å². The Hall–Kier alpha value is -3.62. The van der Waals surface area contributed by atoms with Crippen molar-refractivity contribution in [1.82, 2.24) is 20.5 Å². The van der Waals surface area contributed by atoms with Gasteiger partial charge in [0.2, 0.25) is 12.7 Å². The van der Waals surface area contributed by atoms with Gasteiger partial charge in [-0.25, -0.2) is 4.79 Å². The Morgan fingerprint density at radius 2 is 2.07 bits per heavy atom. The molecule has 9 heteroatoms. The van der Waals surface area contributed by atoms with Crippen molar-refractivity contribution in [3.8, 4) is 11.5 Å². The summed E-state index contributed by atoms with van der Waals surface area (Å²) in [5.74, 6) is 0.451. The molecule has 28 heavy (non-hydrogen) atoms. The highest BCUT2D eigenvalue weighted by Crippen LogP contribution is 2.33. The number of nitrogens with zero attached hydrogens (tertiary/aromatic N) is 2. The highest BCUT2D eigenvalue weighted by atomic mass is 16.7.